The lowest BCUT2D eigenvalue weighted by molar-refractivity contribution is 0.167. The number of halogens is 1. The highest BCUT2D eigenvalue weighted by atomic mass is 19.1. The van der Waals surface area contributed by atoms with E-state index in [2.05, 4.69) is 0 Å². The van der Waals surface area contributed by atoms with E-state index in [-0.39, 0.29) is 5.56 Å². The van der Waals surface area contributed by atoms with Gasteiger partial charge in [0.25, 0.3) is 0 Å². The Morgan fingerprint density at radius 1 is 1.56 bits per heavy atom. The number of ether oxygens (including phenoxy) is 2. The van der Waals surface area contributed by atoms with Crippen LogP contribution in [0, 0.1) is 23.1 Å². The molecule has 0 aliphatic carbocycles. The fraction of sp³-hybridized carbons (Fsp3) is 0.417. The van der Waals surface area contributed by atoms with E-state index in [1.807, 2.05) is 0 Å². The Morgan fingerprint density at radius 2 is 2.44 bits per heavy atom. The van der Waals surface area contributed by atoms with Crippen molar-refractivity contribution >= 4 is 0 Å². The van der Waals surface area contributed by atoms with E-state index in [0.717, 1.165) is 13.0 Å². The van der Waals surface area contributed by atoms with Crippen LogP contribution < -0.4 is 4.74 Å². The molecule has 1 aromatic carbocycles. The van der Waals surface area contributed by atoms with Gasteiger partial charge in [0, 0.05) is 18.6 Å². The number of hydrogen-bond acceptors (Lipinski definition) is 3. The Morgan fingerprint density at radius 3 is 3.06 bits per heavy atom. The molecule has 0 unspecified atom stereocenters. The Balaban J connectivity index is 1.94. The van der Waals surface area contributed by atoms with Gasteiger partial charge in [0.1, 0.15) is 17.6 Å². The van der Waals surface area contributed by atoms with E-state index in [4.69, 9.17) is 14.7 Å². The summed E-state index contributed by atoms with van der Waals surface area (Å²) in [5.41, 5.74) is 0.0385. The van der Waals surface area contributed by atoms with Crippen molar-refractivity contribution in [2.24, 2.45) is 5.92 Å². The van der Waals surface area contributed by atoms with Crippen molar-refractivity contribution in [3.63, 3.8) is 0 Å². The highest BCUT2D eigenvalue weighted by Gasteiger charge is 2.16. The van der Waals surface area contributed by atoms with Gasteiger partial charge < -0.3 is 9.47 Å². The summed E-state index contributed by atoms with van der Waals surface area (Å²) >= 11 is 0. The molecule has 2 rings (SSSR count). The summed E-state index contributed by atoms with van der Waals surface area (Å²) in [4.78, 5) is 0. The van der Waals surface area contributed by atoms with Crippen LogP contribution in [0.1, 0.15) is 12.0 Å². The molecule has 0 N–H and O–H groups in total. The van der Waals surface area contributed by atoms with Crippen LogP contribution in [0.25, 0.3) is 0 Å². The van der Waals surface area contributed by atoms with Crippen LogP contribution in [0.4, 0.5) is 4.39 Å². The maximum atomic E-state index is 13.2. The van der Waals surface area contributed by atoms with Crippen LogP contribution in [0.5, 0.6) is 5.75 Å². The van der Waals surface area contributed by atoms with E-state index in [1.165, 1.54) is 12.1 Å². The van der Waals surface area contributed by atoms with Crippen LogP contribution in [0.15, 0.2) is 18.2 Å². The number of hydrogen-bond donors (Lipinski definition) is 0. The number of nitriles is 1. The first-order chi connectivity index (χ1) is 7.79. The van der Waals surface area contributed by atoms with Gasteiger partial charge in [0.15, 0.2) is 0 Å². The molecule has 1 aliphatic heterocycles. The second kappa shape index (κ2) is 4.95. The van der Waals surface area contributed by atoms with Gasteiger partial charge in [0.2, 0.25) is 0 Å². The summed E-state index contributed by atoms with van der Waals surface area (Å²) in [5, 5.41) is 8.56. The normalized spacial score (nSPS) is 19.4. The Kier molecular flexibility index (Phi) is 3.37. The zero-order valence-electron chi connectivity index (χ0n) is 8.78. The SMILES string of the molecule is N#Cc1ccc(OC[C@@H]2CCOC2)cc1F. The molecule has 1 atom stereocenters. The topological polar surface area (TPSA) is 42.2 Å². The number of rotatable bonds is 3. The minimum atomic E-state index is -0.539. The van der Waals surface area contributed by atoms with Crippen LogP contribution >= 0.6 is 0 Å². The summed E-state index contributed by atoms with van der Waals surface area (Å²) in [7, 11) is 0. The highest BCUT2D eigenvalue weighted by molar-refractivity contribution is 5.36. The molecule has 0 saturated carbocycles. The van der Waals surface area contributed by atoms with E-state index in [0.29, 0.717) is 24.9 Å². The summed E-state index contributed by atoms with van der Waals surface area (Å²) in [6, 6.07) is 6.05. The van der Waals surface area contributed by atoms with Crippen LogP contribution in [-0.4, -0.2) is 19.8 Å². The summed E-state index contributed by atoms with van der Waals surface area (Å²) in [6.07, 6.45) is 0.985. The van der Waals surface area contributed by atoms with Gasteiger partial charge in [0.05, 0.1) is 18.8 Å². The first-order valence-corrected chi connectivity index (χ1v) is 5.20. The Labute approximate surface area is 93.4 Å². The lowest BCUT2D eigenvalue weighted by Crippen LogP contribution is -2.11. The lowest BCUT2D eigenvalue weighted by atomic mass is 10.1. The van der Waals surface area contributed by atoms with E-state index in [9.17, 15) is 4.39 Å². The van der Waals surface area contributed by atoms with Gasteiger partial charge >= 0.3 is 0 Å². The molecule has 4 heteroatoms. The largest absolute Gasteiger partial charge is 0.493 e. The summed E-state index contributed by atoms with van der Waals surface area (Å²) < 4.78 is 23.9. The van der Waals surface area contributed by atoms with E-state index < -0.39 is 5.82 Å². The third kappa shape index (κ3) is 2.50. The van der Waals surface area contributed by atoms with Crippen LogP contribution in [0.2, 0.25) is 0 Å². The fourth-order valence-electron chi connectivity index (χ4n) is 1.61. The van der Waals surface area contributed by atoms with Gasteiger partial charge in [-0.25, -0.2) is 4.39 Å². The molecular formula is C12H12FNO2. The summed E-state index contributed by atoms with van der Waals surface area (Å²) in [5.74, 6) is 0.310. The van der Waals surface area contributed by atoms with Crippen molar-refractivity contribution in [2.75, 3.05) is 19.8 Å². The van der Waals surface area contributed by atoms with Gasteiger partial charge in [-0.3, -0.25) is 0 Å². The van der Waals surface area contributed by atoms with Gasteiger partial charge in [-0.1, -0.05) is 0 Å². The zero-order chi connectivity index (χ0) is 11.4. The molecule has 0 spiro atoms. The van der Waals surface area contributed by atoms with Crippen LogP contribution in [0.3, 0.4) is 0 Å². The molecule has 1 heterocycles. The molecule has 84 valence electrons. The second-order valence-electron chi connectivity index (χ2n) is 3.79. The first-order valence-electron chi connectivity index (χ1n) is 5.20. The third-order valence-corrected chi connectivity index (χ3v) is 2.57. The molecule has 0 bridgehead atoms. The number of nitrogens with zero attached hydrogens (tertiary/aromatic N) is 1. The molecule has 16 heavy (non-hydrogen) atoms. The van der Waals surface area contributed by atoms with Crippen LogP contribution in [-0.2, 0) is 4.74 Å². The van der Waals surface area contributed by atoms with E-state index in [1.54, 1.807) is 12.1 Å². The molecule has 0 amide bonds. The van der Waals surface area contributed by atoms with Crippen molar-refractivity contribution in [3.05, 3.63) is 29.6 Å². The highest BCUT2D eigenvalue weighted by Crippen LogP contribution is 2.19. The average Bonchev–Trinajstić information content (AvgIpc) is 2.79. The fourth-order valence-corrected chi connectivity index (χ4v) is 1.61. The smallest absolute Gasteiger partial charge is 0.144 e. The molecule has 1 saturated heterocycles. The predicted octanol–water partition coefficient (Wildman–Crippen LogP) is 2.11. The van der Waals surface area contributed by atoms with Crippen molar-refractivity contribution in [1.29, 1.82) is 5.26 Å². The maximum Gasteiger partial charge on any atom is 0.144 e. The quantitative estimate of drug-likeness (QED) is 0.785. The second-order valence-corrected chi connectivity index (χ2v) is 3.79. The summed E-state index contributed by atoms with van der Waals surface area (Å²) in [6.45, 7) is 2.01. The van der Waals surface area contributed by atoms with Crippen molar-refractivity contribution in [3.8, 4) is 11.8 Å². The average molecular weight is 221 g/mol. The van der Waals surface area contributed by atoms with Gasteiger partial charge in [-0.05, 0) is 18.6 Å². The predicted molar refractivity (Wildman–Crippen MR) is 55.5 cm³/mol. The molecule has 3 nitrogen and oxygen atoms in total. The first kappa shape index (κ1) is 10.9. The van der Waals surface area contributed by atoms with Crippen molar-refractivity contribution in [2.45, 2.75) is 6.42 Å². The molecule has 0 aromatic heterocycles. The zero-order valence-corrected chi connectivity index (χ0v) is 8.78. The lowest BCUT2D eigenvalue weighted by Gasteiger charge is -2.10. The van der Waals surface area contributed by atoms with Gasteiger partial charge in [-0.15, -0.1) is 0 Å². The maximum absolute atomic E-state index is 13.2. The third-order valence-electron chi connectivity index (χ3n) is 2.57. The van der Waals surface area contributed by atoms with Crippen molar-refractivity contribution in [1.82, 2.24) is 0 Å². The Hall–Kier alpha value is -1.60. The van der Waals surface area contributed by atoms with E-state index >= 15 is 0 Å². The monoisotopic (exact) mass is 221 g/mol. The molecule has 1 fully saturated rings. The number of benzene rings is 1. The minimum absolute atomic E-state index is 0.0385. The molecule has 1 aliphatic rings. The van der Waals surface area contributed by atoms with Gasteiger partial charge in [-0.2, -0.15) is 5.26 Å². The molecule has 1 aromatic rings. The Bertz CT molecular complexity index is 408. The molecule has 0 radical (unpaired) electrons. The van der Waals surface area contributed by atoms with Crippen molar-refractivity contribution < 1.29 is 13.9 Å². The minimum Gasteiger partial charge on any atom is -0.493 e. The standard InChI is InChI=1S/C12H12FNO2/c13-12-5-11(2-1-10(12)6-14)16-8-9-3-4-15-7-9/h1-2,5,9H,3-4,7-8H2/t9-/m1/s1. The molecular weight excluding hydrogens is 209 g/mol.